The molecule has 0 aliphatic carbocycles. The minimum Gasteiger partial charge on any atom is -0.493 e. The number of hydrogen-bond acceptors (Lipinski definition) is 10. The van der Waals surface area contributed by atoms with E-state index >= 15 is 0 Å². The van der Waals surface area contributed by atoms with Gasteiger partial charge in [0.05, 0.1) is 43.1 Å². The topological polar surface area (TPSA) is 125 Å². The van der Waals surface area contributed by atoms with E-state index in [1.807, 2.05) is 30.3 Å². The van der Waals surface area contributed by atoms with Crippen LogP contribution in [0.2, 0.25) is 0 Å². The molecular formula is C33H36O9S2. The van der Waals surface area contributed by atoms with E-state index in [1.165, 1.54) is 36.5 Å². The second-order valence-corrected chi connectivity index (χ2v) is 12.9. The normalized spacial score (nSPS) is 12.6. The van der Waals surface area contributed by atoms with Crippen molar-refractivity contribution in [2.24, 2.45) is 11.8 Å². The lowest BCUT2D eigenvalue weighted by Crippen LogP contribution is -2.13. The zero-order chi connectivity index (χ0) is 32.0. The van der Waals surface area contributed by atoms with Crippen molar-refractivity contribution in [1.82, 2.24) is 0 Å². The number of carbonyl (C=O) groups is 4. The second kappa shape index (κ2) is 14.7. The van der Waals surface area contributed by atoms with Gasteiger partial charge in [0.25, 0.3) is 0 Å². The molecule has 234 valence electrons. The first-order chi connectivity index (χ1) is 21.0. The first kappa shape index (κ1) is 32.9. The van der Waals surface area contributed by atoms with Crippen molar-refractivity contribution in [3.8, 4) is 23.0 Å². The fraction of sp³-hybridized carbons (Fsp3) is 0.394. The van der Waals surface area contributed by atoms with Gasteiger partial charge in [0.2, 0.25) is 0 Å². The third-order valence-corrected chi connectivity index (χ3v) is 9.59. The monoisotopic (exact) mass is 640 g/mol. The molecule has 0 bridgehead atoms. The summed E-state index contributed by atoms with van der Waals surface area (Å²) in [6.07, 6.45) is 1.55. The zero-order valence-electron chi connectivity index (χ0n) is 25.4. The molecule has 0 saturated carbocycles. The zero-order valence-corrected chi connectivity index (χ0v) is 27.0. The van der Waals surface area contributed by atoms with Crippen LogP contribution >= 0.6 is 22.7 Å². The Morgan fingerprint density at radius 2 is 1.11 bits per heavy atom. The number of Topliss-reactive ketones (excluding diaryl/α,β-unsaturated/α-hetero) is 3. The van der Waals surface area contributed by atoms with Crippen LogP contribution in [0.3, 0.4) is 0 Å². The number of carbonyl (C=O) groups excluding carboxylic acids is 3. The number of carboxylic acid groups (broad SMARTS) is 1. The number of unbranched alkanes of at least 4 members (excludes halogenated alkanes) is 1. The predicted octanol–water partition coefficient (Wildman–Crippen LogP) is 7.46. The van der Waals surface area contributed by atoms with E-state index in [4.69, 9.17) is 24.1 Å². The summed E-state index contributed by atoms with van der Waals surface area (Å²) in [4.78, 5) is 49.1. The highest BCUT2D eigenvalue weighted by molar-refractivity contribution is 7.21. The van der Waals surface area contributed by atoms with Gasteiger partial charge in [-0.3, -0.25) is 19.2 Å². The summed E-state index contributed by atoms with van der Waals surface area (Å²) in [6, 6.07) is 11.0. The van der Waals surface area contributed by atoms with Crippen molar-refractivity contribution in [3.05, 3.63) is 46.2 Å². The molecule has 44 heavy (non-hydrogen) atoms. The Bertz CT molecular complexity index is 1560. The van der Waals surface area contributed by atoms with Gasteiger partial charge in [-0.25, -0.2) is 0 Å². The number of hydrogen-bond donors (Lipinski definition) is 1. The Hall–Kier alpha value is -3.96. The molecule has 4 aromatic rings. The summed E-state index contributed by atoms with van der Waals surface area (Å²) in [5, 5.41) is 10.8. The molecule has 0 radical (unpaired) electrons. The molecule has 2 heterocycles. The highest BCUT2D eigenvalue weighted by Crippen LogP contribution is 2.39. The summed E-state index contributed by atoms with van der Waals surface area (Å²) in [5.74, 6) is -0.0353. The quantitative estimate of drug-likeness (QED) is 0.0924. The minimum absolute atomic E-state index is 0.00217. The van der Waals surface area contributed by atoms with E-state index < -0.39 is 11.9 Å². The lowest BCUT2D eigenvalue weighted by atomic mass is 10.0. The average Bonchev–Trinajstić information content (AvgIpc) is 3.61. The van der Waals surface area contributed by atoms with E-state index in [0.717, 1.165) is 20.2 Å². The molecule has 11 heteroatoms. The van der Waals surface area contributed by atoms with E-state index in [2.05, 4.69) is 0 Å². The van der Waals surface area contributed by atoms with E-state index in [0.29, 0.717) is 58.8 Å². The maximum Gasteiger partial charge on any atom is 0.306 e. The van der Waals surface area contributed by atoms with Crippen LogP contribution in [0.25, 0.3) is 20.2 Å². The fourth-order valence-corrected chi connectivity index (χ4v) is 6.51. The highest BCUT2D eigenvalue weighted by atomic mass is 32.1. The molecule has 1 N–H and O–H groups in total. The van der Waals surface area contributed by atoms with Crippen LogP contribution in [-0.4, -0.2) is 55.9 Å². The number of fused-ring (bicyclic) bond motifs is 2. The molecule has 9 nitrogen and oxygen atoms in total. The third-order valence-electron chi connectivity index (χ3n) is 7.31. The molecule has 0 saturated heterocycles. The Balaban J connectivity index is 1.33. The van der Waals surface area contributed by atoms with Crippen LogP contribution in [0, 0.1) is 11.8 Å². The molecule has 4 rings (SSSR count). The third kappa shape index (κ3) is 7.95. The summed E-state index contributed by atoms with van der Waals surface area (Å²) in [5.41, 5.74) is 0. The van der Waals surface area contributed by atoms with Crippen LogP contribution in [0.15, 0.2) is 36.4 Å². The number of ether oxygens (including phenoxy) is 4. The van der Waals surface area contributed by atoms with Crippen molar-refractivity contribution in [2.45, 2.75) is 46.5 Å². The highest BCUT2D eigenvalue weighted by Gasteiger charge is 2.20. The number of rotatable bonds is 17. The van der Waals surface area contributed by atoms with Gasteiger partial charge in [0.1, 0.15) is 5.78 Å². The molecule has 0 unspecified atom stereocenters. The molecule has 0 aliphatic rings. The molecule has 0 amide bonds. The average molecular weight is 641 g/mol. The van der Waals surface area contributed by atoms with E-state index in [9.17, 15) is 19.2 Å². The minimum atomic E-state index is -0.996. The number of methoxy groups -OCH3 is 2. The Kier molecular flexibility index (Phi) is 11.0. The van der Waals surface area contributed by atoms with Gasteiger partial charge in [-0.2, -0.15) is 0 Å². The van der Waals surface area contributed by atoms with Crippen LogP contribution < -0.4 is 18.9 Å². The molecule has 2 aromatic carbocycles. The summed E-state index contributed by atoms with van der Waals surface area (Å²) < 4.78 is 24.8. The van der Waals surface area contributed by atoms with Gasteiger partial charge in [-0.15, -0.1) is 22.7 Å². The van der Waals surface area contributed by atoms with Gasteiger partial charge in [0.15, 0.2) is 34.6 Å². The van der Waals surface area contributed by atoms with E-state index in [-0.39, 0.29) is 36.1 Å². The van der Waals surface area contributed by atoms with Gasteiger partial charge in [-0.05, 0) is 54.8 Å². The molecule has 0 fully saturated rings. The number of thiophene rings is 2. The predicted molar refractivity (Wildman–Crippen MR) is 172 cm³/mol. The Morgan fingerprint density at radius 3 is 1.59 bits per heavy atom. The number of ketones is 3. The molecule has 2 aromatic heterocycles. The molecule has 0 spiro atoms. The standard InChI is InChI=1S/C33H36O9S2/c1-18(20(3)34)10-23(35)31-15-22-13-27(26(40-5)16-29(22)43-31)41-8-6-7-9-42-28-17-30-21(12-25(28)39-4)14-32(44-30)24(36)11-19(2)33(37)38/h12-19H,6-11H2,1-5H3,(H,37,38)/t18-,19-/m0/s1. The van der Waals surface area contributed by atoms with Crippen molar-refractivity contribution < 1.29 is 43.2 Å². The lowest BCUT2D eigenvalue weighted by Gasteiger charge is -2.12. The van der Waals surface area contributed by atoms with Gasteiger partial charge in [0, 0.05) is 40.3 Å². The SMILES string of the molecule is COc1cc2sc(C(=O)C[C@H](C)C(C)=O)cc2cc1OCCCCOc1cc2sc(C(=O)C[C@H](C)C(=O)O)cc2cc1OC. The van der Waals surface area contributed by atoms with Gasteiger partial charge in [-0.1, -0.05) is 13.8 Å². The Morgan fingerprint density at radius 1 is 0.682 bits per heavy atom. The van der Waals surface area contributed by atoms with Crippen LogP contribution in [0.5, 0.6) is 23.0 Å². The molecule has 0 aliphatic heterocycles. The first-order valence-corrected chi connectivity index (χ1v) is 15.9. The molecule has 2 atom stereocenters. The van der Waals surface area contributed by atoms with Crippen molar-refractivity contribution in [2.75, 3.05) is 27.4 Å². The summed E-state index contributed by atoms with van der Waals surface area (Å²) >= 11 is 2.69. The van der Waals surface area contributed by atoms with Crippen LogP contribution in [0.4, 0.5) is 0 Å². The Labute approximate surface area is 263 Å². The van der Waals surface area contributed by atoms with Gasteiger partial charge < -0.3 is 24.1 Å². The van der Waals surface area contributed by atoms with Crippen molar-refractivity contribution in [1.29, 1.82) is 0 Å². The summed E-state index contributed by atoms with van der Waals surface area (Å²) in [7, 11) is 3.13. The van der Waals surface area contributed by atoms with Crippen LogP contribution in [-0.2, 0) is 9.59 Å². The maximum atomic E-state index is 12.7. The maximum absolute atomic E-state index is 12.7. The van der Waals surface area contributed by atoms with Gasteiger partial charge >= 0.3 is 5.97 Å². The van der Waals surface area contributed by atoms with Crippen molar-refractivity contribution >= 4 is 66.2 Å². The first-order valence-electron chi connectivity index (χ1n) is 14.3. The number of aliphatic carboxylic acids is 1. The summed E-state index contributed by atoms with van der Waals surface area (Å²) in [6.45, 7) is 5.63. The number of benzene rings is 2. The van der Waals surface area contributed by atoms with E-state index in [1.54, 1.807) is 27.2 Å². The smallest absolute Gasteiger partial charge is 0.306 e. The molecular weight excluding hydrogens is 604 g/mol. The van der Waals surface area contributed by atoms with Crippen molar-refractivity contribution in [3.63, 3.8) is 0 Å². The largest absolute Gasteiger partial charge is 0.493 e. The second-order valence-electron chi connectivity index (χ2n) is 10.7. The number of carboxylic acids is 1. The fourth-order valence-electron chi connectivity index (χ4n) is 4.47. The lowest BCUT2D eigenvalue weighted by molar-refractivity contribution is -0.141. The van der Waals surface area contributed by atoms with Crippen LogP contribution in [0.1, 0.15) is 65.8 Å².